The summed E-state index contributed by atoms with van der Waals surface area (Å²) in [5.74, 6) is 0.800. The van der Waals surface area contributed by atoms with Crippen LogP contribution in [0.3, 0.4) is 0 Å². The van der Waals surface area contributed by atoms with Crippen molar-refractivity contribution in [2.75, 3.05) is 11.9 Å². The lowest BCUT2D eigenvalue weighted by Gasteiger charge is -2.10. The van der Waals surface area contributed by atoms with Crippen LogP contribution in [0, 0.1) is 0 Å². The predicted octanol–water partition coefficient (Wildman–Crippen LogP) is 1.51. The summed E-state index contributed by atoms with van der Waals surface area (Å²) in [7, 11) is 0. The quantitative estimate of drug-likeness (QED) is 0.719. The summed E-state index contributed by atoms with van der Waals surface area (Å²) in [6, 6.07) is 5.69. The molecule has 0 saturated carbocycles. The molecule has 1 aromatic rings. The first-order chi connectivity index (χ1) is 5.33. The Bertz CT molecular complexity index is 201. The Labute approximate surface area is 73.5 Å². The van der Waals surface area contributed by atoms with Crippen LogP contribution in [-0.2, 0) is 0 Å². The number of nitrogens with zero attached hydrogens (tertiary/aromatic N) is 1. The molecule has 0 aromatic carbocycles. The zero-order valence-corrected chi connectivity index (χ0v) is 6.49. The molecule has 0 aliphatic carbocycles. The minimum atomic E-state index is 0. The van der Waals surface area contributed by atoms with Crippen molar-refractivity contribution < 1.29 is 5.11 Å². The highest BCUT2D eigenvalue weighted by Crippen LogP contribution is 2.01. The largest absolute Gasteiger partial charge is 0.394 e. The SMILES string of the molecule is C.C[C@@H](CO)Nc1ccccn1. The van der Waals surface area contributed by atoms with Crippen LogP contribution in [-0.4, -0.2) is 22.7 Å². The zero-order valence-electron chi connectivity index (χ0n) is 6.49. The van der Waals surface area contributed by atoms with Crippen LogP contribution in [0.15, 0.2) is 24.4 Å². The summed E-state index contributed by atoms with van der Waals surface area (Å²) in [5.41, 5.74) is 0. The molecule has 0 fully saturated rings. The maximum Gasteiger partial charge on any atom is 0.126 e. The van der Waals surface area contributed by atoms with Crippen LogP contribution >= 0.6 is 0 Å². The fraction of sp³-hybridized carbons (Fsp3) is 0.444. The van der Waals surface area contributed by atoms with E-state index < -0.39 is 0 Å². The Morgan fingerprint density at radius 1 is 1.58 bits per heavy atom. The van der Waals surface area contributed by atoms with E-state index in [-0.39, 0.29) is 20.1 Å². The van der Waals surface area contributed by atoms with Crippen LogP contribution in [0.25, 0.3) is 0 Å². The van der Waals surface area contributed by atoms with Crippen LogP contribution < -0.4 is 5.32 Å². The van der Waals surface area contributed by atoms with Crippen LogP contribution in [0.2, 0.25) is 0 Å². The smallest absolute Gasteiger partial charge is 0.126 e. The van der Waals surface area contributed by atoms with Gasteiger partial charge in [0.1, 0.15) is 5.82 Å². The number of nitrogens with one attached hydrogen (secondary N) is 1. The van der Waals surface area contributed by atoms with Gasteiger partial charge in [0.15, 0.2) is 0 Å². The molecule has 3 nitrogen and oxygen atoms in total. The average molecular weight is 168 g/mol. The Morgan fingerprint density at radius 3 is 2.83 bits per heavy atom. The first-order valence-electron chi connectivity index (χ1n) is 3.61. The van der Waals surface area contributed by atoms with Gasteiger partial charge in [0.25, 0.3) is 0 Å². The van der Waals surface area contributed by atoms with Crippen LogP contribution in [0.1, 0.15) is 14.4 Å². The van der Waals surface area contributed by atoms with Gasteiger partial charge in [-0.2, -0.15) is 0 Å². The molecule has 2 N–H and O–H groups in total. The molecule has 0 unspecified atom stereocenters. The van der Waals surface area contributed by atoms with E-state index in [1.807, 2.05) is 25.1 Å². The highest BCUT2D eigenvalue weighted by molar-refractivity contribution is 5.34. The molecule has 1 rings (SSSR count). The van der Waals surface area contributed by atoms with Crippen molar-refractivity contribution in [1.82, 2.24) is 4.98 Å². The van der Waals surface area contributed by atoms with E-state index in [0.717, 1.165) is 5.82 Å². The fourth-order valence-corrected chi connectivity index (χ4v) is 0.746. The highest BCUT2D eigenvalue weighted by atomic mass is 16.3. The normalized spacial score (nSPS) is 11.5. The van der Waals surface area contributed by atoms with E-state index in [2.05, 4.69) is 10.3 Å². The van der Waals surface area contributed by atoms with E-state index >= 15 is 0 Å². The van der Waals surface area contributed by atoms with E-state index in [0.29, 0.717) is 0 Å². The van der Waals surface area contributed by atoms with Crippen molar-refractivity contribution in [3.05, 3.63) is 24.4 Å². The number of anilines is 1. The molecule has 0 amide bonds. The summed E-state index contributed by atoms with van der Waals surface area (Å²) in [6.07, 6.45) is 1.71. The van der Waals surface area contributed by atoms with Gasteiger partial charge in [-0.25, -0.2) is 4.98 Å². The molecule has 0 bridgehead atoms. The van der Waals surface area contributed by atoms with Gasteiger partial charge in [-0.05, 0) is 19.1 Å². The summed E-state index contributed by atoms with van der Waals surface area (Å²) in [6.45, 7) is 2.02. The van der Waals surface area contributed by atoms with Gasteiger partial charge < -0.3 is 10.4 Å². The van der Waals surface area contributed by atoms with Crippen molar-refractivity contribution in [2.45, 2.75) is 20.4 Å². The van der Waals surface area contributed by atoms with E-state index in [4.69, 9.17) is 5.11 Å². The maximum atomic E-state index is 8.71. The van der Waals surface area contributed by atoms with Crippen molar-refractivity contribution in [3.8, 4) is 0 Å². The lowest BCUT2D eigenvalue weighted by atomic mass is 10.3. The first-order valence-corrected chi connectivity index (χ1v) is 3.61. The molecule has 0 spiro atoms. The van der Waals surface area contributed by atoms with Gasteiger partial charge in [-0.1, -0.05) is 13.5 Å². The lowest BCUT2D eigenvalue weighted by Crippen LogP contribution is -2.19. The molecule has 1 atom stereocenters. The number of hydrogen-bond donors (Lipinski definition) is 2. The van der Waals surface area contributed by atoms with Gasteiger partial charge in [-0.15, -0.1) is 0 Å². The second kappa shape index (κ2) is 5.55. The van der Waals surface area contributed by atoms with Crippen molar-refractivity contribution in [1.29, 1.82) is 0 Å². The Kier molecular flexibility index (Phi) is 5.04. The molecule has 68 valence electrons. The second-order valence-electron chi connectivity index (χ2n) is 2.44. The standard InChI is InChI=1S/C8H12N2O.CH4/c1-7(6-11)10-8-4-2-3-5-9-8;/h2-5,7,11H,6H2,1H3,(H,9,10);1H4/t7-;/m0./s1. The molecule has 0 radical (unpaired) electrons. The van der Waals surface area contributed by atoms with Gasteiger partial charge in [-0.3, -0.25) is 0 Å². The summed E-state index contributed by atoms with van der Waals surface area (Å²) < 4.78 is 0. The third kappa shape index (κ3) is 3.34. The Morgan fingerprint density at radius 2 is 2.33 bits per heavy atom. The number of hydrogen-bond acceptors (Lipinski definition) is 3. The minimum Gasteiger partial charge on any atom is -0.394 e. The predicted molar refractivity (Wildman–Crippen MR) is 51.1 cm³/mol. The fourth-order valence-electron chi connectivity index (χ4n) is 0.746. The molecule has 0 aliphatic rings. The minimum absolute atomic E-state index is 0. The highest BCUT2D eigenvalue weighted by Gasteiger charge is 1.97. The number of aliphatic hydroxyl groups excluding tert-OH is 1. The molecule has 0 saturated heterocycles. The molecule has 1 heterocycles. The number of pyridine rings is 1. The molecule has 3 heteroatoms. The van der Waals surface area contributed by atoms with Crippen molar-refractivity contribution in [3.63, 3.8) is 0 Å². The van der Waals surface area contributed by atoms with E-state index in [1.165, 1.54) is 0 Å². The second-order valence-corrected chi connectivity index (χ2v) is 2.44. The summed E-state index contributed by atoms with van der Waals surface area (Å²) in [4.78, 5) is 4.04. The van der Waals surface area contributed by atoms with E-state index in [9.17, 15) is 0 Å². The topological polar surface area (TPSA) is 45.1 Å². The number of rotatable bonds is 3. The average Bonchev–Trinajstić information content (AvgIpc) is 2.06. The Balaban J connectivity index is 0.00000121. The van der Waals surface area contributed by atoms with Crippen molar-refractivity contribution >= 4 is 5.82 Å². The molecule has 1 aromatic heterocycles. The summed E-state index contributed by atoms with van der Waals surface area (Å²) in [5, 5.41) is 11.7. The number of aliphatic hydroxyl groups is 1. The monoisotopic (exact) mass is 168 g/mol. The van der Waals surface area contributed by atoms with Crippen LogP contribution in [0.5, 0.6) is 0 Å². The van der Waals surface area contributed by atoms with Gasteiger partial charge in [0.2, 0.25) is 0 Å². The molecular formula is C9H16N2O. The molecular weight excluding hydrogens is 152 g/mol. The van der Waals surface area contributed by atoms with Crippen LogP contribution in [0.4, 0.5) is 5.82 Å². The molecule has 0 aliphatic heterocycles. The third-order valence-electron chi connectivity index (χ3n) is 1.33. The Hall–Kier alpha value is -1.09. The van der Waals surface area contributed by atoms with Gasteiger partial charge >= 0.3 is 0 Å². The van der Waals surface area contributed by atoms with Gasteiger partial charge in [0.05, 0.1) is 6.61 Å². The zero-order chi connectivity index (χ0) is 8.10. The number of aromatic nitrogens is 1. The maximum absolute atomic E-state index is 8.71. The van der Waals surface area contributed by atoms with Crippen molar-refractivity contribution in [2.24, 2.45) is 0 Å². The molecule has 12 heavy (non-hydrogen) atoms. The van der Waals surface area contributed by atoms with E-state index in [1.54, 1.807) is 6.20 Å². The summed E-state index contributed by atoms with van der Waals surface area (Å²) >= 11 is 0. The lowest BCUT2D eigenvalue weighted by molar-refractivity contribution is 0.281. The first kappa shape index (κ1) is 10.9. The van der Waals surface area contributed by atoms with Gasteiger partial charge in [0, 0.05) is 12.2 Å². The third-order valence-corrected chi connectivity index (χ3v) is 1.33.